The molecular weight excluding hydrogens is 314 g/mol. The highest BCUT2D eigenvalue weighted by Gasteiger charge is 2.31. The predicted molar refractivity (Wildman–Crippen MR) is 95.7 cm³/mol. The van der Waals surface area contributed by atoms with Crippen molar-refractivity contribution in [3.8, 4) is 0 Å². The molecule has 2 aromatic rings. The fraction of sp³-hybridized carbons (Fsp3) is 0.400. The molecule has 0 unspecified atom stereocenters. The first kappa shape index (κ1) is 16.1. The van der Waals surface area contributed by atoms with Gasteiger partial charge in [0.05, 0.1) is 0 Å². The number of H-pyrrole nitrogens is 1. The van der Waals surface area contributed by atoms with Gasteiger partial charge in [0.1, 0.15) is 0 Å². The molecule has 25 heavy (non-hydrogen) atoms. The topological polar surface area (TPSA) is 65.2 Å². The molecule has 2 atom stereocenters. The van der Waals surface area contributed by atoms with Gasteiger partial charge < -0.3 is 15.2 Å². The van der Waals surface area contributed by atoms with E-state index in [1.807, 2.05) is 4.90 Å². The Bertz CT molecular complexity index is 738. The number of ketones is 1. The van der Waals surface area contributed by atoms with Crippen LogP contribution < -0.4 is 5.32 Å². The lowest BCUT2D eigenvalue weighted by Crippen LogP contribution is -2.32. The van der Waals surface area contributed by atoms with Gasteiger partial charge in [-0.15, -0.1) is 0 Å². The van der Waals surface area contributed by atoms with Gasteiger partial charge in [-0.3, -0.25) is 9.59 Å². The fourth-order valence-corrected chi connectivity index (χ4v) is 4.00. The molecule has 0 radical (unpaired) electrons. The number of fused-ring (bicyclic) bond motifs is 1. The van der Waals surface area contributed by atoms with Gasteiger partial charge in [-0.05, 0) is 56.0 Å². The Balaban J connectivity index is 1.44. The van der Waals surface area contributed by atoms with Crippen LogP contribution in [0.3, 0.4) is 0 Å². The zero-order chi connectivity index (χ0) is 17.2. The lowest BCUT2D eigenvalue weighted by molar-refractivity contribution is 0.0758. The number of benzene rings is 1. The van der Waals surface area contributed by atoms with Crippen LogP contribution in [0, 0.1) is 11.8 Å². The van der Waals surface area contributed by atoms with Crippen molar-refractivity contribution in [2.24, 2.45) is 11.8 Å². The van der Waals surface area contributed by atoms with E-state index in [4.69, 9.17) is 0 Å². The van der Waals surface area contributed by atoms with Gasteiger partial charge in [0.25, 0.3) is 5.91 Å². The average Bonchev–Trinajstić information content (AvgIpc) is 3.30. The maximum absolute atomic E-state index is 12.8. The first-order valence-electron chi connectivity index (χ1n) is 9.00. The summed E-state index contributed by atoms with van der Waals surface area (Å²) in [5.41, 5.74) is 1.90. The van der Waals surface area contributed by atoms with Gasteiger partial charge in [0.15, 0.2) is 5.78 Å². The normalized spacial score (nSPS) is 23.1. The van der Waals surface area contributed by atoms with E-state index >= 15 is 0 Å². The third kappa shape index (κ3) is 3.24. The summed E-state index contributed by atoms with van der Waals surface area (Å²) in [7, 11) is 0. The summed E-state index contributed by atoms with van der Waals surface area (Å²) >= 11 is 0. The molecule has 0 saturated carbocycles. The lowest BCUT2D eigenvalue weighted by Gasteiger charge is -2.21. The quantitative estimate of drug-likeness (QED) is 0.845. The van der Waals surface area contributed by atoms with Crippen molar-refractivity contribution < 1.29 is 9.59 Å². The molecule has 3 heterocycles. The molecule has 0 spiro atoms. The molecule has 2 saturated heterocycles. The van der Waals surface area contributed by atoms with Gasteiger partial charge in [-0.1, -0.05) is 12.1 Å². The van der Waals surface area contributed by atoms with E-state index in [1.165, 1.54) is 0 Å². The van der Waals surface area contributed by atoms with Crippen molar-refractivity contribution in [1.29, 1.82) is 0 Å². The molecule has 0 aliphatic carbocycles. The van der Waals surface area contributed by atoms with Crippen molar-refractivity contribution >= 4 is 11.7 Å². The van der Waals surface area contributed by atoms with Crippen molar-refractivity contribution in [2.75, 3.05) is 26.2 Å². The number of carbonyl (C=O) groups excluding carboxylic acids is 2. The Labute approximate surface area is 147 Å². The molecule has 4 rings (SSSR count). The number of nitrogens with one attached hydrogen (secondary N) is 2. The summed E-state index contributed by atoms with van der Waals surface area (Å²) in [4.78, 5) is 30.0. The van der Waals surface area contributed by atoms with Gasteiger partial charge in [0, 0.05) is 42.2 Å². The zero-order valence-corrected chi connectivity index (χ0v) is 14.2. The van der Waals surface area contributed by atoms with E-state index in [-0.39, 0.29) is 11.7 Å². The van der Waals surface area contributed by atoms with Crippen LogP contribution in [0.25, 0.3) is 0 Å². The van der Waals surface area contributed by atoms with Crippen LogP contribution in [0.15, 0.2) is 42.7 Å². The second-order valence-electron chi connectivity index (χ2n) is 7.05. The summed E-state index contributed by atoms with van der Waals surface area (Å²) in [6.07, 6.45) is 5.57. The summed E-state index contributed by atoms with van der Waals surface area (Å²) < 4.78 is 0. The summed E-state index contributed by atoms with van der Waals surface area (Å²) in [6.45, 7) is 3.82. The van der Waals surface area contributed by atoms with Gasteiger partial charge in [-0.2, -0.15) is 0 Å². The first-order valence-corrected chi connectivity index (χ1v) is 9.00. The van der Waals surface area contributed by atoms with E-state index < -0.39 is 0 Å². The fourth-order valence-electron chi connectivity index (χ4n) is 4.00. The predicted octanol–water partition coefficient (Wildman–Crippen LogP) is 2.32. The number of aromatic nitrogens is 1. The van der Waals surface area contributed by atoms with Crippen LogP contribution in [0.2, 0.25) is 0 Å². The number of rotatable bonds is 3. The largest absolute Gasteiger partial charge is 0.367 e. The Morgan fingerprint density at radius 1 is 0.880 bits per heavy atom. The number of nitrogens with zero attached hydrogens (tertiary/aromatic N) is 1. The molecule has 5 nitrogen and oxygen atoms in total. The highest BCUT2D eigenvalue weighted by atomic mass is 16.2. The number of amides is 1. The highest BCUT2D eigenvalue weighted by Crippen LogP contribution is 2.27. The molecule has 2 N–H and O–H groups in total. The third-order valence-corrected chi connectivity index (χ3v) is 5.56. The number of carbonyl (C=O) groups is 2. The molecule has 1 aromatic carbocycles. The standard InChI is InChI=1S/C20H23N3O2/c24-19(18-5-8-21-13-18)14-1-3-15(4-2-14)20(25)23-9-6-16-11-22-12-17(16)7-10-23/h1-5,8,13,16-17,21-22H,6-7,9-12H2/t16-,17+. The summed E-state index contributed by atoms with van der Waals surface area (Å²) in [6, 6.07) is 8.80. The minimum absolute atomic E-state index is 0.0321. The van der Waals surface area contributed by atoms with Crippen LogP contribution in [-0.2, 0) is 0 Å². The van der Waals surface area contributed by atoms with Crippen molar-refractivity contribution in [3.63, 3.8) is 0 Å². The van der Waals surface area contributed by atoms with Crippen LogP contribution in [0.4, 0.5) is 0 Å². The van der Waals surface area contributed by atoms with Crippen LogP contribution >= 0.6 is 0 Å². The average molecular weight is 337 g/mol. The smallest absolute Gasteiger partial charge is 0.253 e. The number of aromatic amines is 1. The first-order chi connectivity index (χ1) is 12.2. The molecule has 0 bridgehead atoms. The zero-order valence-electron chi connectivity index (χ0n) is 14.2. The number of hydrogen-bond acceptors (Lipinski definition) is 3. The third-order valence-electron chi connectivity index (χ3n) is 5.56. The van der Waals surface area contributed by atoms with Crippen molar-refractivity contribution in [1.82, 2.24) is 15.2 Å². The van der Waals surface area contributed by atoms with Gasteiger partial charge in [-0.25, -0.2) is 0 Å². The molecule has 2 fully saturated rings. The minimum Gasteiger partial charge on any atom is -0.367 e. The second-order valence-corrected chi connectivity index (χ2v) is 7.05. The van der Waals surface area contributed by atoms with Crippen molar-refractivity contribution in [3.05, 3.63) is 59.4 Å². The molecule has 5 heteroatoms. The SMILES string of the molecule is O=C(c1ccc(C(=O)N2CC[C@@H]3CNC[C@@H]3CC2)cc1)c1cc[nH]c1. The maximum Gasteiger partial charge on any atom is 0.253 e. The Kier molecular flexibility index (Phi) is 4.40. The molecule has 2 aliphatic rings. The summed E-state index contributed by atoms with van der Waals surface area (Å²) in [5, 5.41) is 3.46. The molecular formula is C20H23N3O2. The molecule has 130 valence electrons. The molecule has 1 aromatic heterocycles. The van der Waals surface area contributed by atoms with Gasteiger partial charge in [0.2, 0.25) is 0 Å². The highest BCUT2D eigenvalue weighted by molar-refractivity contribution is 6.09. The summed E-state index contributed by atoms with van der Waals surface area (Å²) in [5.74, 6) is 1.46. The number of likely N-dealkylation sites (tertiary alicyclic amines) is 1. The minimum atomic E-state index is -0.0321. The van der Waals surface area contributed by atoms with Crippen LogP contribution in [0.5, 0.6) is 0 Å². The Morgan fingerprint density at radius 3 is 2.12 bits per heavy atom. The van der Waals surface area contributed by atoms with E-state index in [9.17, 15) is 9.59 Å². The van der Waals surface area contributed by atoms with Gasteiger partial charge >= 0.3 is 0 Å². The van der Waals surface area contributed by atoms with Crippen LogP contribution in [-0.4, -0.2) is 47.8 Å². The maximum atomic E-state index is 12.8. The monoisotopic (exact) mass is 337 g/mol. The van der Waals surface area contributed by atoms with Crippen LogP contribution in [0.1, 0.15) is 39.1 Å². The number of hydrogen-bond donors (Lipinski definition) is 2. The van der Waals surface area contributed by atoms with E-state index in [0.29, 0.717) is 28.5 Å². The Hall–Kier alpha value is -2.40. The van der Waals surface area contributed by atoms with E-state index in [0.717, 1.165) is 39.0 Å². The van der Waals surface area contributed by atoms with E-state index in [2.05, 4.69) is 10.3 Å². The molecule has 2 aliphatic heterocycles. The molecule has 1 amide bonds. The lowest BCUT2D eigenvalue weighted by atomic mass is 9.92. The van der Waals surface area contributed by atoms with Crippen molar-refractivity contribution in [2.45, 2.75) is 12.8 Å². The second kappa shape index (κ2) is 6.84. The Morgan fingerprint density at radius 2 is 1.52 bits per heavy atom. The van der Waals surface area contributed by atoms with E-state index in [1.54, 1.807) is 42.7 Å².